The lowest BCUT2D eigenvalue weighted by molar-refractivity contribution is 0.0767. The quantitative estimate of drug-likeness (QED) is 0.787. The number of aliphatic hydroxyl groups excluding tert-OH is 1. The minimum atomic E-state index is -0.409. The van der Waals surface area contributed by atoms with Gasteiger partial charge in [-0.05, 0) is 38.2 Å². The molecule has 4 heteroatoms. The summed E-state index contributed by atoms with van der Waals surface area (Å²) in [5.41, 5.74) is 2.34. The molecule has 0 bridgehead atoms. The van der Waals surface area contributed by atoms with Crippen LogP contribution in [0.25, 0.3) is 0 Å². The zero-order chi connectivity index (χ0) is 17.5. The Morgan fingerprint density at radius 3 is 2.25 bits per heavy atom. The van der Waals surface area contributed by atoms with Crippen molar-refractivity contribution < 1.29 is 5.11 Å². The maximum atomic E-state index is 10.4. The van der Waals surface area contributed by atoms with Crippen LogP contribution in [0.4, 0.5) is 0 Å². The van der Waals surface area contributed by atoms with Gasteiger partial charge in [0.15, 0.2) is 0 Å². The summed E-state index contributed by atoms with van der Waals surface area (Å²) in [5, 5.41) is 11.2. The second kappa shape index (κ2) is 9.19. The topological polar surface area (TPSA) is 26.7 Å². The van der Waals surface area contributed by atoms with Gasteiger partial charge in [-0.15, -0.1) is 0 Å². The largest absolute Gasteiger partial charge is 0.390 e. The van der Waals surface area contributed by atoms with Crippen molar-refractivity contribution in [3.05, 3.63) is 70.7 Å². The van der Waals surface area contributed by atoms with Gasteiger partial charge in [0.1, 0.15) is 0 Å². The number of rotatable bonds is 8. The van der Waals surface area contributed by atoms with Gasteiger partial charge < -0.3 is 5.11 Å². The van der Waals surface area contributed by atoms with Crippen LogP contribution >= 0.6 is 11.6 Å². The van der Waals surface area contributed by atoms with E-state index in [9.17, 15) is 5.11 Å². The second-order valence-corrected chi connectivity index (χ2v) is 6.88. The van der Waals surface area contributed by atoms with E-state index in [1.54, 1.807) is 0 Å². The molecule has 2 aromatic rings. The molecule has 0 saturated heterocycles. The number of nitrogens with zero attached hydrogens (tertiary/aromatic N) is 2. The minimum absolute atomic E-state index is 0.160. The molecule has 2 rings (SSSR count). The highest BCUT2D eigenvalue weighted by Gasteiger charge is 2.18. The predicted molar refractivity (Wildman–Crippen MR) is 101 cm³/mol. The highest BCUT2D eigenvalue weighted by molar-refractivity contribution is 6.31. The Morgan fingerprint density at radius 1 is 0.958 bits per heavy atom. The summed E-state index contributed by atoms with van der Waals surface area (Å²) in [4.78, 5) is 4.29. The van der Waals surface area contributed by atoms with Gasteiger partial charge in [0.05, 0.1) is 6.10 Å². The van der Waals surface area contributed by atoms with Crippen LogP contribution in [0.3, 0.4) is 0 Å². The molecule has 0 amide bonds. The van der Waals surface area contributed by atoms with Gasteiger partial charge >= 0.3 is 0 Å². The molecule has 0 spiro atoms. The van der Waals surface area contributed by atoms with Gasteiger partial charge in [-0.25, -0.2) is 0 Å². The first-order valence-corrected chi connectivity index (χ1v) is 8.70. The van der Waals surface area contributed by atoms with Crippen LogP contribution in [0, 0.1) is 0 Å². The summed E-state index contributed by atoms with van der Waals surface area (Å²) in [7, 11) is 4.06. The highest BCUT2D eigenvalue weighted by Crippen LogP contribution is 2.26. The third-order valence-corrected chi connectivity index (χ3v) is 4.68. The van der Waals surface area contributed by atoms with Crippen LogP contribution in [0.2, 0.25) is 5.02 Å². The van der Waals surface area contributed by atoms with Crippen LogP contribution < -0.4 is 0 Å². The van der Waals surface area contributed by atoms with Crippen molar-refractivity contribution in [2.45, 2.75) is 25.6 Å². The van der Waals surface area contributed by atoms with E-state index >= 15 is 0 Å². The fourth-order valence-electron chi connectivity index (χ4n) is 2.92. The smallest absolute Gasteiger partial charge is 0.0793 e. The summed E-state index contributed by atoms with van der Waals surface area (Å²) in [5.74, 6) is 0. The lowest BCUT2D eigenvalue weighted by Gasteiger charge is -2.29. The molecular weight excluding hydrogens is 320 g/mol. The molecule has 130 valence electrons. The summed E-state index contributed by atoms with van der Waals surface area (Å²) in [6, 6.07) is 18.3. The number of aliphatic hydroxyl groups is 1. The maximum Gasteiger partial charge on any atom is 0.0793 e. The molecule has 0 heterocycles. The van der Waals surface area contributed by atoms with Crippen molar-refractivity contribution >= 4 is 11.6 Å². The van der Waals surface area contributed by atoms with E-state index in [4.69, 9.17) is 11.6 Å². The third-order valence-electron chi connectivity index (χ3n) is 4.33. The number of hydrogen-bond acceptors (Lipinski definition) is 3. The van der Waals surface area contributed by atoms with Crippen molar-refractivity contribution in [3.8, 4) is 0 Å². The summed E-state index contributed by atoms with van der Waals surface area (Å²) in [6.07, 6.45) is -0.409. The zero-order valence-corrected chi connectivity index (χ0v) is 15.4. The Balaban J connectivity index is 1.85. The maximum absolute atomic E-state index is 10.4. The second-order valence-electron chi connectivity index (χ2n) is 6.47. The predicted octanol–water partition coefficient (Wildman–Crippen LogP) is 3.83. The van der Waals surface area contributed by atoms with E-state index in [0.29, 0.717) is 13.1 Å². The van der Waals surface area contributed by atoms with Crippen LogP contribution in [-0.2, 0) is 6.54 Å². The van der Waals surface area contributed by atoms with E-state index < -0.39 is 6.10 Å². The van der Waals surface area contributed by atoms with Gasteiger partial charge in [-0.1, -0.05) is 60.1 Å². The Hall–Kier alpha value is -1.39. The molecule has 0 radical (unpaired) electrons. The van der Waals surface area contributed by atoms with Crippen LogP contribution in [0.15, 0.2) is 54.6 Å². The molecule has 0 saturated carbocycles. The number of benzene rings is 2. The highest BCUT2D eigenvalue weighted by atomic mass is 35.5. The molecule has 2 unspecified atom stereocenters. The Bertz CT molecular complexity index is 620. The summed E-state index contributed by atoms with van der Waals surface area (Å²) >= 11 is 6.28. The normalized spacial score (nSPS) is 14.1. The molecule has 2 aromatic carbocycles. The van der Waals surface area contributed by atoms with Gasteiger partial charge in [-0.2, -0.15) is 0 Å². The molecule has 0 aromatic heterocycles. The minimum Gasteiger partial charge on any atom is -0.390 e. The molecule has 0 aliphatic carbocycles. The lowest BCUT2D eigenvalue weighted by Crippen LogP contribution is -2.38. The van der Waals surface area contributed by atoms with Crippen molar-refractivity contribution in [1.29, 1.82) is 0 Å². The number of halogens is 1. The molecule has 0 aliphatic rings. The molecule has 2 atom stereocenters. The number of likely N-dealkylation sites (N-methyl/N-ethyl adjacent to an activating group) is 2. The van der Waals surface area contributed by atoms with Gasteiger partial charge in [-0.3, -0.25) is 9.80 Å². The fourth-order valence-corrected chi connectivity index (χ4v) is 3.21. The lowest BCUT2D eigenvalue weighted by atomic mass is 10.1. The van der Waals surface area contributed by atoms with Gasteiger partial charge in [0.25, 0.3) is 0 Å². The Kier molecular flexibility index (Phi) is 7.25. The van der Waals surface area contributed by atoms with E-state index in [1.165, 1.54) is 5.56 Å². The Labute approximate surface area is 150 Å². The van der Waals surface area contributed by atoms with Crippen LogP contribution in [-0.4, -0.2) is 48.2 Å². The fraction of sp³-hybridized carbons (Fsp3) is 0.400. The molecule has 0 aliphatic heterocycles. The van der Waals surface area contributed by atoms with Crippen LogP contribution in [0.1, 0.15) is 24.1 Å². The first kappa shape index (κ1) is 18.9. The first-order valence-electron chi connectivity index (χ1n) is 8.32. The molecule has 0 fully saturated rings. The van der Waals surface area contributed by atoms with Crippen molar-refractivity contribution in [2.24, 2.45) is 0 Å². The van der Waals surface area contributed by atoms with E-state index in [1.807, 2.05) is 56.6 Å². The average Bonchev–Trinajstić information content (AvgIpc) is 2.55. The monoisotopic (exact) mass is 346 g/mol. The SMILES string of the molecule is CC(c1ccccc1Cl)N(C)CC(O)CN(C)Cc1ccccc1. The van der Waals surface area contributed by atoms with Crippen molar-refractivity contribution in [2.75, 3.05) is 27.2 Å². The standard InChI is InChI=1S/C20H27ClN2O/c1-16(19-11-7-8-12-20(19)21)23(3)15-18(24)14-22(2)13-17-9-5-4-6-10-17/h4-12,16,18,24H,13-15H2,1-3H3. The Morgan fingerprint density at radius 2 is 1.58 bits per heavy atom. The summed E-state index contributed by atoms with van der Waals surface area (Å²) in [6.45, 7) is 4.18. The molecule has 24 heavy (non-hydrogen) atoms. The van der Waals surface area contributed by atoms with E-state index in [2.05, 4.69) is 28.9 Å². The first-order chi connectivity index (χ1) is 11.5. The molecular formula is C20H27ClN2O. The van der Waals surface area contributed by atoms with Crippen molar-refractivity contribution in [3.63, 3.8) is 0 Å². The van der Waals surface area contributed by atoms with Crippen LogP contribution in [0.5, 0.6) is 0 Å². The average molecular weight is 347 g/mol. The molecule has 1 N–H and O–H groups in total. The zero-order valence-electron chi connectivity index (χ0n) is 14.7. The molecule has 3 nitrogen and oxygen atoms in total. The van der Waals surface area contributed by atoms with Gasteiger partial charge in [0, 0.05) is 30.7 Å². The summed E-state index contributed by atoms with van der Waals surface area (Å²) < 4.78 is 0. The van der Waals surface area contributed by atoms with Gasteiger partial charge in [0.2, 0.25) is 0 Å². The van der Waals surface area contributed by atoms with Crippen molar-refractivity contribution in [1.82, 2.24) is 9.80 Å². The van der Waals surface area contributed by atoms with E-state index in [-0.39, 0.29) is 6.04 Å². The third kappa shape index (κ3) is 5.60. The van der Waals surface area contributed by atoms with E-state index in [0.717, 1.165) is 17.1 Å². The number of hydrogen-bond donors (Lipinski definition) is 1.